The summed E-state index contributed by atoms with van der Waals surface area (Å²) in [5, 5.41) is 9.63. The molecule has 0 heterocycles. The molecule has 10 heavy (non-hydrogen) atoms. The topological polar surface area (TPSA) is 20.2 Å². The van der Waals surface area contributed by atoms with E-state index >= 15 is 0 Å². The zero-order valence-electron chi connectivity index (χ0n) is 7.60. The van der Waals surface area contributed by atoms with Crippen molar-refractivity contribution in [2.75, 3.05) is 0 Å². The lowest BCUT2D eigenvalue weighted by atomic mass is 9.77. The van der Waals surface area contributed by atoms with Gasteiger partial charge in [0.2, 0.25) is 0 Å². The molecule has 60 valence electrons. The molecule has 0 atom stereocenters. The van der Waals surface area contributed by atoms with Crippen molar-refractivity contribution in [2.24, 2.45) is 5.41 Å². The molecule has 0 saturated carbocycles. The molecule has 0 aromatic carbocycles. The van der Waals surface area contributed by atoms with Gasteiger partial charge in [0.25, 0.3) is 0 Å². The molecule has 1 nitrogen and oxygen atoms in total. The third-order valence-corrected chi connectivity index (χ3v) is 2.16. The van der Waals surface area contributed by atoms with Gasteiger partial charge in [0, 0.05) is 5.41 Å². The highest BCUT2D eigenvalue weighted by Crippen LogP contribution is 2.31. The highest BCUT2D eigenvalue weighted by molar-refractivity contribution is 5.01. The molecule has 0 aliphatic rings. The number of hydrogen-bond acceptors (Lipinski definition) is 1. The van der Waals surface area contributed by atoms with Crippen molar-refractivity contribution in [1.82, 2.24) is 0 Å². The Hall–Kier alpha value is -0.300. The van der Waals surface area contributed by atoms with Crippen molar-refractivity contribution in [3.05, 3.63) is 12.2 Å². The Morgan fingerprint density at radius 2 is 1.50 bits per heavy atom. The quantitative estimate of drug-likeness (QED) is 0.587. The van der Waals surface area contributed by atoms with E-state index in [9.17, 15) is 5.11 Å². The van der Waals surface area contributed by atoms with E-state index in [1.54, 1.807) is 0 Å². The van der Waals surface area contributed by atoms with E-state index in [1.807, 2.05) is 46.8 Å². The summed E-state index contributed by atoms with van der Waals surface area (Å²) >= 11 is 0. The summed E-state index contributed by atoms with van der Waals surface area (Å²) in [5.74, 6) is 0. The smallest absolute Gasteiger partial charge is 0.0676 e. The summed E-state index contributed by atoms with van der Waals surface area (Å²) < 4.78 is 0. The highest BCUT2D eigenvalue weighted by Gasteiger charge is 2.31. The molecule has 0 radical (unpaired) electrons. The van der Waals surface area contributed by atoms with Crippen molar-refractivity contribution < 1.29 is 5.11 Å². The van der Waals surface area contributed by atoms with E-state index in [0.29, 0.717) is 0 Å². The molecule has 0 unspecified atom stereocenters. The molecule has 1 N–H and O–H groups in total. The maximum atomic E-state index is 9.63. The standard InChI is InChI=1S/C9H18O/c1-6-7-8(2,3)9(4,5)10/h6-7,10H,1-5H3. The second-order valence-corrected chi connectivity index (χ2v) is 3.78. The van der Waals surface area contributed by atoms with Crippen LogP contribution in [0, 0.1) is 5.41 Å². The van der Waals surface area contributed by atoms with Crippen molar-refractivity contribution >= 4 is 0 Å². The van der Waals surface area contributed by atoms with Gasteiger partial charge in [-0.1, -0.05) is 26.0 Å². The fourth-order valence-electron chi connectivity index (χ4n) is 0.621. The maximum absolute atomic E-state index is 9.63. The SMILES string of the molecule is CC=CC(C)(C)C(C)(C)O. The minimum Gasteiger partial charge on any atom is -0.390 e. The van der Waals surface area contributed by atoms with Crippen molar-refractivity contribution in [1.29, 1.82) is 0 Å². The van der Waals surface area contributed by atoms with E-state index in [-0.39, 0.29) is 5.41 Å². The molecular formula is C9H18O. The number of allylic oxidation sites excluding steroid dienone is 1. The second kappa shape index (κ2) is 2.75. The third kappa shape index (κ3) is 2.14. The summed E-state index contributed by atoms with van der Waals surface area (Å²) in [5.41, 5.74) is -0.777. The second-order valence-electron chi connectivity index (χ2n) is 3.78. The van der Waals surface area contributed by atoms with Gasteiger partial charge in [-0.3, -0.25) is 0 Å². The van der Waals surface area contributed by atoms with Crippen LogP contribution in [-0.4, -0.2) is 10.7 Å². The average molecular weight is 142 g/mol. The average Bonchev–Trinajstić information content (AvgIpc) is 1.61. The van der Waals surface area contributed by atoms with Crippen LogP contribution >= 0.6 is 0 Å². The van der Waals surface area contributed by atoms with Gasteiger partial charge in [-0.25, -0.2) is 0 Å². The Balaban J connectivity index is 4.40. The van der Waals surface area contributed by atoms with Gasteiger partial charge >= 0.3 is 0 Å². The third-order valence-electron chi connectivity index (χ3n) is 2.16. The van der Waals surface area contributed by atoms with Crippen LogP contribution in [0.5, 0.6) is 0 Å². The normalized spacial score (nSPS) is 14.6. The summed E-state index contributed by atoms with van der Waals surface area (Å²) in [6, 6.07) is 0. The molecule has 0 aromatic heterocycles. The summed E-state index contributed by atoms with van der Waals surface area (Å²) in [7, 11) is 0. The minimum absolute atomic E-state index is 0.137. The molecule has 0 bridgehead atoms. The summed E-state index contributed by atoms with van der Waals surface area (Å²) in [4.78, 5) is 0. The molecular weight excluding hydrogens is 124 g/mol. The lowest BCUT2D eigenvalue weighted by molar-refractivity contribution is -0.00744. The fourth-order valence-corrected chi connectivity index (χ4v) is 0.621. The van der Waals surface area contributed by atoms with Crippen LogP contribution in [0.3, 0.4) is 0 Å². The number of rotatable bonds is 2. The van der Waals surface area contributed by atoms with E-state index in [0.717, 1.165) is 0 Å². The monoisotopic (exact) mass is 142 g/mol. The minimum atomic E-state index is -0.639. The van der Waals surface area contributed by atoms with Crippen LogP contribution in [0.25, 0.3) is 0 Å². The molecule has 0 aliphatic heterocycles. The van der Waals surface area contributed by atoms with Crippen molar-refractivity contribution in [2.45, 2.75) is 40.2 Å². The van der Waals surface area contributed by atoms with Crippen LogP contribution in [0.4, 0.5) is 0 Å². The molecule has 1 heteroatoms. The van der Waals surface area contributed by atoms with Gasteiger partial charge in [-0.15, -0.1) is 0 Å². The van der Waals surface area contributed by atoms with E-state index in [2.05, 4.69) is 0 Å². The molecule has 0 amide bonds. The lowest BCUT2D eigenvalue weighted by Gasteiger charge is -2.34. The Morgan fingerprint density at radius 3 is 1.60 bits per heavy atom. The van der Waals surface area contributed by atoms with Crippen LogP contribution < -0.4 is 0 Å². The van der Waals surface area contributed by atoms with Gasteiger partial charge in [0.05, 0.1) is 5.60 Å². The maximum Gasteiger partial charge on any atom is 0.0676 e. The predicted molar refractivity (Wildman–Crippen MR) is 44.9 cm³/mol. The Morgan fingerprint density at radius 1 is 1.10 bits per heavy atom. The lowest BCUT2D eigenvalue weighted by Crippen LogP contribution is -2.37. The highest BCUT2D eigenvalue weighted by atomic mass is 16.3. The van der Waals surface area contributed by atoms with E-state index < -0.39 is 5.60 Å². The molecule has 0 aliphatic carbocycles. The first-order valence-electron chi connectivity index (χ1n) is 3.67. The largest absolute Gasteiger partial charge is 0.390 e. The number of hydrogen-bond donors (Lipinski definition) is 1. The number of aliphatic hydroxyl groups is 1. The first-order valence-corrected chi connectivity index (χ1v) is 3.67. The zero-order valence-corrected chi connectivity index (χ0v) is 7.60. The first-order chi connectivity index (χ1) is 4.31. The van der Waals surface area contributed by atoms with Crippen LogP contribution in [0.1, 0.15) is 34.6 Å². The molecule has 0 saturated heterocycles. The predicted octanol–water partition coefficient (Wildman–Crippen LogP) is 2.36. The van der Waals surface area contributed by atoms with Gasteiger partial charge in [-0.05, 0) is 20.8 Å². The Kier molecular flexibility index (Phi) is 2.67. The molecule has 0 aromatic rings. The van der Waals surface area contributed by atoms with E-state index in [1.165, 1.54) is 0 Å². The van der Waals surface area contributed by atoms with Crippen LogP contribution in [-0.2, 0) is 0 Å². The molecule has 0 rings (SSSR count). The Bertz CT molecular complexity index is 126. The zero-order chi connectivity index (χ0) is 8.41. The van der Waals surface area contributed by atoms with Gasteiger partial charge < -0.3 is 5.11 Å². The fraction of sp³-hybridized carbons (Fsp3) is 0.778. The van der Waals surface area contributed by atoms with Crippen LogP contribution in [0.15, 0.2) is 12.2 Å². The van der Waals surface area contributed by atoms with Crippen molar-refractivity contribution in [3.8, 4) is 0 Å². The first kappa shape index (κ1) is 9.70. The molecule has 0 fully saturated rings. The van der Waals surface area contributed by atoms with Gasteiger partial charge in [0.1, 0.15) is 0 Å². The molecule has 0 spiro atoms. The van der Waals surface area contributed by atoms with Gasteiger partial charge in [-0.2, -0.15) is 0 Å². The van der Waals surface area contributed by atoms with Crippen LogP contribution in [0.2, 0.25) is 0 Å². The summed E-state index contributed by atoms with van der Waals surface area (Å²) in [6.45, 7) is 9.66. The Labute approximate surface area is 63.8 Å². The van der Waals surface area contributed by atoms with E-state index in [4.69, 9.17) is 0 Å². The van der Waals surface area contributed by atoms with Crippen molar-refractivity contribution in [3.63, 3.8) is 0 Å². The van der Waals surface area contributed by atoms with Gasteiger partial charge in [0.15, 0.2) is 0 Å². The summed E-state index contributed by atoms with van der Waals surface area (Å²) in [6.07, 6.45) is 3.99.